The van der Waals surface area contributed by atoms with E-state index in [2.05, 4.69) is 33.4 Å². The smallest absolute Gasteiger partial charge is 0.0549 e. The van der Waals surface area contributed by atoms with Gasteiger partial charge in [-0.25, -0.2) is 0 Å². The molecule has 0 saturated carbocycles. The number of hydrogen-bond acceptors (Lipinski definition) is 2. The van der Waals surface area contributed by atoms with Crippen molar-refractivity contribution in [2.75, 3.05) is 12.4 Å². The lowest BCUT2D eigenvalue weighted by Crippen LogP contribution is -2.12. The molecule has 0 aromatic rings. The van der Waals surface area contributed by atoms with Crippen molar-refractivity contribution in [3.63, 3.8) is 0 Å². The van der Waals surface area contributed by atoms with E-state index in [-0.39, 0.29) is 0 Å². The molecule has 1 unspecified atom stereocenters. The van der Waals surface area contributed by atoms with Gasteiger partial charge in [0, 0.05) is 6.61 Å². The molecule has 74 valence electrons. The Labute approximate surface area is 82.3 Å². The number of hydrogen-bond donors (Lipinski definition) is 1. The molecular weight excluding hydrogens is 168 g/mol. The molecule has 1 atom stereocenters. The quantitative estimate of drug-likeness (QED) is 0.479. The van der Waals surface area contributed by atoms with E-state index in [4.69, 9.17) is 4.74 Å². The molecule has 0 radical (unpaired) electrons. The van der Waals surface area contributed by atoms with Crippen molar-refractivity contribution < 1.29 is 4.74 Å². The van der Waals surface area contributed by atoms with Crippen LogP contribution in [-0.2, 0) is 4.74 Å². The summed E-state index contributed by atoms with van der Waals surface area (Å²) in [5.74, 6) is 1.71. The van der Waals surface area contributed by atoms with Gasteiger partial charge in [-0.1, -0.05) is 13.8 Å². The summed E-state index contributed by atoms with van der Waals surface area (Å²) in [6.45, 7) is 7.51. The maximum Gasteiger partial charge on any atom is 0.0549 e. The first-order valence-corrected chi connectivity index (χ1v) is 5.52. The molecule has 0 aromatic heterocycles. The topological polar surface area (TPSA) is 9.23 Å². The SMILES string of the molecule is CC(C)CC(C)OCCCCS. The molecule has 0 saturated heterocycles. The molecule has 0 bridgehead atoms. The van der Waals surface area contributed by atoms with Gasteiger partial charge in [0.05, 0.1) is 6.10 Å². The van der Waals surface area contributed by atoms with E-state index in [9.17, 15) is 0 Å². The molecule has 0 aliphatic rings. The lowest BCUT2D eigenvalue weighted by molar-refractivity contribution is 0.0503. The third-order valence-corrected chi connectivity index (χ3v) is 2.07. The van der Waals surface area contributed by atoms with E-state index in [1.165, 1.54) is 6.42 Å². The molecule has 0 amide bonds. The fourth-order valence-electron chi connectivity index (χ4n) is 1.23. The first-order chi connectivity index (χ1) is 5.66. The molecule has 1 nitrogen and oxygen atoms in total. The Morgan fingerprint density at radius 1 is 1.17 bits per heavy atom. The lowest BCUT2D eigenvalue weighted by Gasteiger charge is -2.14. The summed E-state index contributed by atoms with van der Waals surface area (Å²) in [7, 11) is 0. The Balaban J connectivity index is 3.14. The predicted octanol–water partition coefficient (Wildman–Crippen LogP) is 3.15. The lowest BCUT2D eigenvalue weighted by atomic mass is 10.1. The van der Waals surface area contributed by atoms with Gasteiger partial charge in [-0.05, 0) is 37.9 Å². The van der Waals surface area contributed by atoms with Crippen molar-refractivity contribution >= 4 is 12.6 Å². The molecule has 2 heteroatoms. The zero-order chi connectivity index (χ0) is 9.40. The largest absolute Gasteiger partial charge is 0.378 e. The average Bonchev–Trinajstić information content (AvgIpc) is 1.97. The molecule has 0 aromatic carbocycles. The Morgan fingerprint density at radius 3 is 2.33 bits per heavy atom. The van der Waals surface area contributed by atoms with E-state index < -0.39 is 0 Å². The summed E-state index contributed by atoms with van der Waals surface area (Å²) in [4.78, 5) is 0. The van der Waals surface area contributed by atoms with Crippen LogP contribution in [0, 0.1) is 5.92 Å². The van der Waals surface area contributed by atoms with Crippen LogP contribution in [0.5, 0.6) is 0 Å². The van der Waals surface area contributed by atoms with Gasteiger partial charge in [0.15, 0.2) is 0 Å². The molecule has 0 aliphatic heterocycles. The standard InChI is InChI=1S/C10H22OS/c1-9(2)8-10(3)11-6-4-5-7-12/h9-10,12H,4-8H2,1-3H3. The van der Waals surface area contributed by atoms with Gasteiger partial charge in [0.25, 0.3) is 0 Å². The van der Waals surface area contributed by atoms with Gasteiger partial charge in [-0.2, -0.15) is 12.6 Å². The second-order valence-corrected chi connectivity index (χ2v) is 4.19. The maximum atomic E-state index is 5.62. The van der Waals surface area contributed by atoms with Crippen molar-refractivity contribution in [2.24, 2.45) is 5.92 Å². The molecular formula is C10H22OS. The van der Waals surface area contributed by atoms with Crippen LogP contribution in [0.15, 0.2) is 0 Å². The summed E-state index contributed by atoms with van der Waals surface area (Å²) < 4.78 is 5.62. The van der Waals surface area contributed by atoms with Gasteiger partial charge in [0.2, 0.25) is 0 Å². The third-order valence-electron chi connectivity index (χ3n) is 1.76. The maximum absolute atomic E-state index is 5.62. The number of ether oxygens (including phenoxy) is 1. The monoisotopic (exact) mass is 190 g/mol. The van der Waals surface area contributed by atoms with Crippen LogP contribution < -0.4 is 0 Å². The molecule has 0 rings (SSSR count). The highest BCUT2D eigenvalue weighted by molar-refractivity contribution is 7.80. The number of unbranched alkanes of at least 4 members (excludes halogenated alkanes) is 1. The highest BCUT2D eigenvalue weighted by Gasteiger charge is 2.03. The molecule has 0 spiro atoms. The zero-order valence-corrected chi connectivity index (χ0v) is 9.44. The minimum Gasteiger partial charge on any atom is -0.378 e. The summed E-state index contributed by atoms with van der Waals surface area (Å²) in [5.41, 5.74) is 0. The Bertz CT molecular complexity index is 93.8. The van der Waals surface area contributed by atoms with Crippen LogP contribution in [0.3, 0.4) is 0 Å². The predicted molar refractivity (Wildman–Crippen MR) is 58.0 cm³/mol. The molecule has 0 fully saturated rings. The fourth-order valence-corrected chi connectivity index (χ4v) is 1.45. The molecule has 0 heterocycles. The number of rotatable bonds is 7. The van der Waals surface area contributed by atoms with Crippen molar-refractivity contribution in [3.8, 4) is 0 Å². The molecule has 0 aliphatic carbocycles. The van der Waals surface area contributed by atoms with Gasteiger partial charge in [0.1, 0.15) is 0 Å². The van der Waals surface area contributed by atoms with Gasteiger partial charge >= 0.3 is 0 Å². The third kappa shape index (κ3) is 8.41. The Hall–Kier alpha value is 0.310. The zero-order valence-electron chi connectivity index (χ0n) is 8.55. The first-order valence-electron chi connectivity index (χ1n) is 4.89. The van der Waals surface area contributed by atoms with Crippen LogP contribution >= 0.6 is 12.6 Å². The van der Waals surface area contributed by atoms with Gasteiger partial charge in [-0.3, -0.25) is 0 Å². The van der Waals surface area contributed by atoms with Crippen LogP contribution in [0.2, 0.25) is 0 Å². The molecule has 12 heavy (non-hydrogen) atoms. The van der Waals surface area contributed by atoms with E-state index in [0.717, 1.165) is 31.1 Å². The fraction of sp³-hybridized carbons (Fsp3) is 1.00. The van der Waals surface area contributed by atoms with E-state index in [1.54, 1.807) is 0 Å². The minimum atomic E-state index is 0.421. The van der Waals surface area contributed by atoms with E-state index in [0.29, 0.717) is 6.10 Å². The van der Waals surface area contributed by atoms with Crippen LogP contribution in [0.1, 0.15) is 40.0 Å². The summed E-state index contributed by atoms with van der Waals surface area (Å²) in [6.07, 6.45) is 3.90. The second-order valence-electron chi connectivity index (χ2n) is 3.74. The normalized spacial score (nSPS) is 13.8. The Kier molecular flexibility index (Phi) is 8.14. The average molecular weight is 190 g/mol. The Morgan fingerprint density at radius 2 is 1.83 bits per heavy atom. The first kappa shape index (κ1) is 12.3. The van der Waals surface area contributed by atoms with Crippen LogP contribution in [0.4, 0.5) is 0 Å². The van der Waals surface area contributed by atoms with E-state index in [1.807, 2.05) is 0 Å². The molecule has 0 N–H and O–H groups in total. The summed E-state index contributed by atoms with van der Waals surface area (Å²) >= 11 is 4.15. The van der Waals surface area contributed by atoms with Crippen molar-refractivity contribution in [3.05, 3.63) is 0 Å². The van der Waals surface area contributed by atoms with Crippen molar-refractivity contribution in [2.45, 2.75) is 46.1 Å². The highest BCUT2D eigenvalue weighted by atomic mass is 32.1. The van der Waals surface area contributed by atoms with E-state index >= 15 is 0 Å². The van der Waals surface area contributed by atoms with Crippen molar-refractivity contribution in [1.29, 1.82) is 0 Å². The van der Waals surface area contributed by atoms with Crippen molar-refractivity contribution in [1.82, 2.24) is 0 Å². The van der Waals surface area contributed by atoms with Crippen LogP contribution in [-0.4, -0.2) is 18.5 Å². The highest BCUT2D eigenvalue weighted by Crippen LogP contribution is 2.07. The second kappa shape index (κ2) is 7.93. The van der Waals surface area contributed by atoms with Gasteiger partial charge < -0.3 is 4.74 Å². The summed E-state index contributed by atoms with van der Waals surface area (Å²) in [5, 5.41) is 0. The van der Waals surface area contributed by atoms with Crippen LogP contribution in [0.25, 0.3) is 0 Å². The minimum absolute atomic E-state index is 0.421. The van der Waals surface area contributed by atoms with Gasteiger partial charge in [-0.15, -0.1) is 0 Å². The number of thiol groups is 1. The summed E-state index contributed by atoms with van der Waals surface area (Å²) in [6, 6.07) is 0.